The molecule has 0 spiro atoms. The van der Waals surface area contributed by atoms with Gasteiger partial charge >= 0.3 is 0 Å². The molecule has 4 heteroatoms. The van der Waals surface area contributed by atoms with Crippen LogP contribution in [0.3, 0.4) is 0 Å². The Kier molecular flexibility index (Phi) is 4.71. The van der Waals surface area contributed by atoms with E-state index in [9.17, 15) is 4.39 Å². The summed E-state index contributed by atoms with van der Waals surface area (Å²) in [5.41, 5.74) is 6.22. The van der Waals surface area contributed by atoms with Crippen molar-refractivity contribution in [2.45, 2.75) is 6.42 Å². The van der Waals surface area contributed by atoms with Gasteiger partial charge in [-0.2, -0.15) is 0 Å². The average molecular weight is 357 g/mol. The Morgan fingerprint density at radius 3 is 2.56 bits per heavy atom. The van der Waals surface area contributed by atoms with Crippen LogP contribution < -0.4 is 5.32 Å². The normalized spacial score (nSPS) is 10.9. The van der Waals surface area contributed by atoms with Gasteiger partial charge in [0.15, 0.2) is 0 Å². The first kappa shape index (κ1) is 17.0. The molecule has 0 unspecified atom stereocenters. The van der Waals surface area contributed by atoms with Gasteiger partial charge in [0.25, 0.3) is 0 Å². The Morgan fingerprint density at radius 1 is 1.00 bits per heavy atom. The number of benzene rings is 2. The molecule has 0 bridgehead atoms. The number of hydrogen-bond donors (Lipinski definition) is 2. The number of aromatic amines is 1. The molecule has 3 nitrogen and oxygen atoms in total. The van der Waals surface area contributed by atoms with Crippen molar-refractivity contribution in [3.8, 4) is 11.1 Å². The zero-order valence-electron chi connectivity index (χ0n) is 14.9. The van der Waals surface area contributed by atoms with Gasteiger partial charge in [0, 0.05) is 30.0 Å². The first-order valence-corrected chi connectivity index (χ1v) is 8.91. The summed E-state index contributed by atoms with van der Waals surface area (Å²) in [7, 11) is 0. The minimum Gasteiger partial charge on any atom is -0.385 e. The van der Waals surface area contributed by atoms with Crippen molar-refractivity contribution in [1.29, 1.82) is 0 Å². The number of fused-ring (bicyclic) bond motifs is 1. The van der Waals surface area contributed by atoms with Crippen LogP contribution in [-0.2, 0) is 6.42 Å². The Morgan fingerprint density at radius 2 is 1.78 bits per heavy atom. The van der Waals surface area contributed by atoms with Crippen molar-refractivity contribution in [2.24, 2.45) is 0 Å². The van der Waals surface area contributed by atoms with Gasteiger partial charge in [-0.15, -0.1) is 0 Å². The molecule has 0 fully saturated rings. The van der Waals surface area contributed by atoms with Gasteiger partial charge in [-0.25, -0.2) is 9.37 Å². The van der Waals surface area contributed by atoms with Crippen molar-refractivity contribution in [1.82, 2.24) is 15.3 Å². The fourth-order valence-corrected chi connectivity index (χ4v) is 3.17. The van der Waals surface area contributed by atoms with Gasteiger partial charge in [-0.1, -0.05) is 43.0 Å². The minimum absolute atomic E-state index is 0.206. The van der Waals surface area contributed by atoms with Gasteiger partial charge in [-0.3, -0.25) is 0 Å². The van der Waals surface area contributed by atoms with Crippen LogP contribution in [0.5, 0.6) is 0 Å². The number of nitrogens with one attached hydrogen (secondary N) is 2. The highest BCUT2D eigenvalue weighted by atomic mass is 19.1. The SMILES string of the molecule is C=C(NCCc1ccc(F)cc1)c1ccc(-c2ccnc3[nH]ccc23)cc1. The average Bonchev–Trinajstić information content (AvgIpc) is 3.18. The molecule has 4 rings (SSSR count). The third kappa shape index (κ3) is 3.75. The molecule has 0 aliphatic carbocycles. The van der Waals surface area contributed by atoms with Crippen molar-refractivity contribution in [2.75, 3.05) is 6.54 Å². The molecule has 4 aromatic rings. The summed E-state index contributed by atoms with van der Waals surface area (Å²) in [6.45, 7) is 4.88. The van der Waals surface area contributed by atoms with E-state index in [-0.39, 0.29) is 5.82 Å². The van der Waals surface area contributed by atoms with E-state index in [1.54, 1.807) is 0 Å². The molecule has 0 radical (unpaired) electrons. The van der Waals surface area contributed by atoms with Crippen molar-refractivity contribution >= 4 is 16.7 Å². The zero-order valence-corrected chi connectivity index (χ0v) is 14.9. The Hall–Kier alpha value is -3.40. The van der Waals surface area contributed by atoms with Crippen LogP contribution in [0, 0.1) is 5.82 Å². The summed E-state index contributed by atoms with van der Waals surface area (Å²) >= 11 is 0. The van der Waals surface area contributed by atoms with Crippen LogP contribution in [0.2, 0.25) is 0 Å². The van der Waals surface area contributed by atoms with Gasteiger partial charge in [0.2, 0.25) is 0 Å². The molecule has 0 amide bonds. The maximum atomic E-state index is 12.9. The fraction of sp³-hybridized carbons (Fsp3) is 0.0870. The number of H-pyrrole nitrogens is 1. The monoisotopic (exact) mass is 357 g/mol. The van der Waals surface area contributed by atoms with Crippen LogP contribution >= 0.6 is 0 Å². The first-order valence-electron chi connectivity index (χ1n) is 8.91. The molecular weight excluding hydrogens is 337 g/mol. The molecule has 0 aliphatic heterocycles. The molecule has 27 heavy (non-hydrogen) atoms. The second kappa shape index (κ2) is 7.46. The Balaban J connectivity index is 1.42. The second-order valence-corrected chi connectivity index (χ2v) is 6.46. The van der Waals surface area contributed by atoms with Crippen LogP contribution in [0.1, 0.15) is 11.1 Å². The molecule has 0 atom stereocenters. The van der Waals surface area contributed by atoms with Crippen molar-refractivity contribution in [3.05, 3.63) is 96.6 Å². The van der Waals surface area contributed by atoms with Gasteiger partial charge in [0.05, 0.1) is 0 Å². The van der Waals surface area contributed by atoms with E-state index in [4.69, 9.17) is 0 Å². The zero-order chi connectivity index (χ0) is 18.6. The number of nitrogens with zero attached hydrogens (tertiary/aromatic N) is 1. The van der Waals surface area contributed by atoms with Crippen LogP contribution in [0.15, 0.2) is 79.6 Å². The lowest BCUT2D eigenvalue weighted by Gasteiger charge is -2.11. The van der Waals surface area contributed by atoms with E-state index in [1.165, 1.54) is 12.1 Å². The summed E-state index contributed by atoms with van der Waals surface area (Å²) in [6.07, 6.45) is 4.54. The second-order valence-electron chi connectivity index (χ2n) is 6.46. The molecule has 0 saturated carbocycles. The lowest BCUT2D eigenvalue weighted by atomic mass is 10.0. The summed E-state index contributed by atoms with van der Waals surface area (Å²) in [6, 6.07) is 19.0. The van der Waals surface area contributed by atoms with E-state index in [2.05, 4.69) is 46.1 Å². The summed E-state index contributed by atoms with van der Waals surface area (Å²) in [5.74, 6) is -0.206. The number of rotatable bonds is 6. The molecule has 2 aromatic heterocycles. The maximum absolute atomic E-state index is 12.9. The summed E-state index contributed by atoms with van der Waals surface area (Å²) in [4.78, 5) is 7.48. The Bertz CT molecular complexity index is 1060. The topological polar surface area (TPSA) is 40.7 Å². The predicted octanol–water partition coefficient (Wildman–Crippen LogP) is 5.17. The third-order valence-corrected chi connectivity index (χ3v) is 4.67. The maximum Gasteiger partial charge on any atom is 0.137 e. The molecule has 0 aliphatic rings. The minimum atomic E-state index is -0.206. The van der Waals surface area contributed by atoms with Crippen LogP contribution in [-0.4, -0.2) is 16.5 Å². The molecule has 134 valence electrons. The molecule has 0 saturated heterocycles. The van der Waals surface area contributed by atoms with Crippen molar-refractivity contribution < 1.29 is 4.39 Å². The number of aromatic nitrogens is 2. The quantitative estimate of drug-likeness (QED) is 0.500. The molecule has 2 heterocycles. The van der Waals surface area contributed by atoms with Gasteiger partial charge in [0.1, 0.15) is 11.5 Å². The highest BCUT2D eigenvalue weighted by Crippen LogP contribution is 2.27. The van der Waals surface area contributed by atoms with Gasteiger partial charge < -0.3 is 10.3 Å². The molecule has 2 N–H and O–H groups in total. The van der Waals surface area contributed by atoms with E-state index in [1.807, 2.05) is 36.7 Å². The van der Waals surface area contributed by atoms with E-state index in [0.29, 0.717) is 0 Å². The summed E-state index contributed by atoms with van der Waals surface area (Å²) < 4.78 is 12.9. The number of pyridine rings is 1. The van der Waals surface area contributed by atoms with Crippen LogP contribution in [0.4, 0.5) is 4.39 Å². The van der Waals surface area contributed by atoms with E-state index < -0.39 is 0 Å². The van der Waals surface area contributed by atoms with E-state index in [0.717, 1.165) is 51.9 Å². The van der Waals surface area contributed by atoms with Crippen molar-refractivity contribution in [3.63, 3.8) is 0 Å². The standard InChI is InChI=1S/C23H20FN3/c1-16(25-13-10-17-2-8-20(24)9-3-17)18-4-6-19(7-5-18)21-11-14-26-23-22(21)12-15-27-23/h2-9,11-12,14-15,25H,1,10,13H2,(H,26,27). The molecular formula is C23H20FN3. The smallest absolute Gasteiger partial charge is 0.137 e. The lowest BCUT2D eigenvalue weighted by molar-refractivity contribution is 0.627. The van der Waals surface area contributed by atoms with E-state index >= 15 is 0 Å². The predicted molar refractivity (Wildman–Crippen MR) is 109 cm³/mol. The molecule has 2 aromatic carbocycles. The number of hydrogen-bond acceptors (Lipinski definition) is 2. The van der Waals surface area contributed by atoms with Crippen LogP contribution in [0.25, 0.3) is 27.9 Å². The highest BCUT2D eigenvalue weighted by molar-refractivity contribution is 5.92. The lowest BCUT2D eigenvalue weighted by Crippen LogP contribution is -2.15. The number of halogens is 1. The summed E-state index contributed by atoms with van der Waals surface area (Å²) in [5, 5.41) is 4.46. The largest absolute Gasteiger partial charge is 0.385 e. The fourth-order valence-electron chi connectivity index (χ4n) is 3.17. The Labute approximate surface area is 157 Å². The third-order valence-electron chi connectivity index (χ3n) is 4.67. The first-order chi connectivity index (χ1) is 13.2. The van der Waals surface area contributed by atoms with Gasteiger partial charge in [-0.05, 0) is 52.9 Å². The highest BCUT2D eigenvalue weighted by Gasteiger charge is 2.06.